The molecule has 0 aliphatic heterocycles. The Balaban J connectivity index is 2.46. The molecule has 2 N–H and O–H groups in total. The molecule has 0 atom stereocenters. The van der Waals surface area contributed by atoms with Crippen LogP contribution in [0.25, 0.3) is 0 Å². The van der Waals surface area contributed by atoms with Crippen molar-refractivity contribution in [3.8, 4) is 0 Å². The predicted octanol–water partition coefficient (Wildman–Crippen LogP) is 2.77. The Hall–Kier alpha value is -0.230. The third kappa shape index (κ3) is 4.74. The van der Waals surface area contributed by atoms with Crippen molar-refractivity contribution in [2.24, 2.45) is 0 Å². The number of halogens is 2. The Morgan fingerprint density at radius 2 is 2.31 bits per heavy atom. The van der Waals surface area contributed by atoms with E-state index in [-0.39, 0.29) is 12.5 Å². The van der Waals surface area contributed by atoms with Crippen LogP contribution in [0.5, 0.6) is 0 Å². The fraction of sp³-hybridized carbons (Fsp3) is 0.300. The van der Waals surface area contributed by atoms with Gasteiger partial charge in [-0.25, -0.2) is 0 Å². The van der Waals surface area contributed by atoms with Crippen LogP contribution in [-0.2, 0) is 4.79 Å². The fourth-order valence-electron chi connectivity index (χ4n) is 1.00. The number of carbonyl (C=O) groups excluding carboxylic acids is 1. The average molecular weight is 325 g/mol. The summed E-state index contributed by atoms with van der Waals surface area (Å²) in [5.74, 6) is 0.791. The molecule has 0 unspecified atom stereocenters. The maximum absolute atomic E-state index is 11.4. The lowest BCUT2D eigenvalue weighted by atomic mass is 10.3. The molecule has 0 aromatic heterocycles. The molecule has 16 heavy (non-hydrogen) atoms. The molecule has 0 aliphatic rings. The molecule has 1 aromatic carbocycles. The number of rotatable bonds is 5. The van der Waals surface area contributed by atoms with Crippen LogP contribution in [0.2, 0.25) is 5.02 Å². The van der Waals surface area contributed by atoms with E-state index >= 15 is 0 Å². The van der Waals surface area contributed by atoms with Crippen LogP contribution in [0.3, 0.4) is 0 Å². The van der Waals surface area contributed by atoms with Crippen LogP contribution in [0.4, 0.5) is 5.69 Å². The van der Waals surface area contributed by atoms with Gasteiger partial charge in [0.15, 0.2) is 0 Å². The topological polar surface area (TPSA) is 49.3 Å². The first kappa shape index (κ1) is 13.8. The SMILES string of the molecule is O=C(CSCCO)Nc1ccc(Br)c(Cl)c1. The highest BCUT2D eigenvalue weighted by atomic mass is 79.9. The van der Waals surface area contributed by atoms with Gasteiger partial charge in [0.05, 0.1) is 17.4 Å². The molecular weight excluding hydrogens is 314 g/mol. The van der Waals surface area contributed by atoms with Crippen molar-refractivity contribution in [2.75, 3.05) is 23.4 Å². The van der Waals surface area contributed by atoms with E-state index in [9.17, 15) is 4.79 Å². The maximum Gasteiger partial charge on any atom is 0.234 e. The largest absolute Gasteiger partial charge is 0.396 e. The summed E-state index contributed by atoms with van der Waals surface area (Å²) >= 11 is 10.5. The first-order valence-corrected chi connectivity index (χ1v) is 6.89. The lowest BCUT2D eigenvalue weighted by Gasteiger charge is -2.05. The number of hydrogen-bond donors (Lipinski definition) is 2. The summed E-state index contributed by atoms with van der Waals surface area (Å²) in [6.07, 6.45) is 0. The summed E-state index contributed by atoms with van der Waals surface area (Å²) in [6.45, 7) is 0.0854. The summed E-state index contributed by atoms with van der Waals surface area (Å²) in [4.78, 5) is 11.4. The number of hydrogen-bond acceptors (Lipinski definition) is 3. The highest BCUT2D eigenvalue weighted by Crippen LogP contribution is 2.25. The van der Waals surface area contributed by atoms with E-state index in [1.807, 2.05) is 0 Å². The fourth-order valence-corrected chi connectivity index (χ4v) is 1.96. The van der Waals surface area contributed by atoms with Crippen LogP contribution >= 0.6 is 39.3 Å². The molecular formula is C10H11BrClNO2S. The van der Waals surface area contributed by atoms with Crippen molar-refractivity contribution in [1.29, 1.82) is 0 Å². The van der Waals surface area contributed by atoms with Crippen molar-refractivity contribution in [1.82, 2.24) is 0 Å². The molecule has 3 nitrogen and oxygen atoms in total. The summed E-state index contributed by atoms with van der Waals surface area (Å²) in [5.41, 5.74) is 0.669. The van der Waals surface area contributed by atoms with Gasteiger partial charge in [-0.15, -0.1) is 11.8 Å². The van der Waals surface area contributed by atoms with Gasteiger partial charge in [0, 0.05) is 15.9 Å². The van der Waals surface area contributed by atoms with Gasteiger partial charge in [0.1, 0.15) is 0 Å². The predicted molar refractivity (Wildman–Crippen MR) is 72.2 cm³/mol. The minimum Gasteiger partial charge on any atom is -0.396 e. The number of thioether (sulfide) groups is 1. The molecule has 0 spiro atoms. The van der Waals surface area contributed by atoms with Gasteiger partial charge >= 0.3 is 0 Å². The zero-order chi connectivity index (χ0) is 12.0. The minimum atomic E-state index is -0.100. The van der Waals surface area contributed by atoms with E-state index in [2.05, 4.69) is 21.2 Å². The second-order valence-electron chi connectivity index (χ2n) is 2.95. The average Bonchev–Trinajstić information content (AvgIpc) is 2.24. The van der Waals surface area contributed by atoms with Crippen LogP contribution in [0.1, 0.15) is 0 Å². The van der Waals surface area contributed by atoms with Crippen molar-refractivity contribution in [2.45, 2.75) is 0 Å². The third-order valence-electron chi connectivity index (χ3n) is 1.67. The number of anilines is 1. The Labute approximate surface area is 112 Å². The maximum atomic E-state index is 11.4. The molecule has 0 saturated carbocycles. The molecule has 0 fully saturated rings. The van der Waals surface area contributed by atoms with Crippen molar-refractivity contribution < 1.29 is 9.90 Å². The second kappa shape index (κ2) is 7.17. The van der Waals surface area contributed by atoms with Crippen molar-refractivity contribution in [3.05, 3.63) is 27.7 Å². The quantitative estimate of drug-likeness (QED) is 0.819. The number of benzene rings is 1. The van der Waals surface area contributed by atoms with Gasteiger partial charge in [-0.2, -0.15) is 0 Å². The van der Waals surface area contributed by atoms with E-state index in [0.29, 0.717) is 22.2 Å². The third-order valence-corrected chi connectivity index (χ3v) is 3.84. The standard InChI is InChI=1S/C10H11BrClNO2S/c11-8-2-1-7(5-9(8)12)13-10(15)6-16-4-3-14/h1-2,5,14H,3-4,6H2,(H,13,15). The molecule has 0 saturated heterocycles. The molecule has 0 bridgehead atoms. The zero-order valence-electron chi connectivity index (χ0n) is 8.37. The summed E-state index contributed by atoms with van der Waals surface area (Å²) in [6, 6.07) is 5.23. The monoisotopic (exact) mass is 323 g/mol. The van der Waals surface area contributed by atoms with Crippen LogP contribution < -0.4 is 5.32 Å². The second-order valence-corrected chi connectivity index (χ2v) is 5.32. The van der Waals surface area contributed by atoms with E-state index in [1.54, 1.807) is 18.2 Å². The van der Waals surface area contributed by atoms with Crippen LogP contribution in [0.15, 0.2) is 22.7 Å². The molecule has 0 heterocycles. The lowest BCUT2D eigenvalue weighted by molar-refractivity contribution is -0.113. The number of aliphatic hydroxyl groups is 1. The zero-order valence-corrected chi connectivity index (χ0v) is 11.5. The van der Waals surface area contributed by atoms with E-state index in [4.69, 9.17) is 16.7 Å². The summed E-state index contributed by atoms with van der Waals surface area (Å²) in [5, 5.41) is 11.8. The summed E-state index contributed by atoms with van der Waals surface area (Å²) in [7, 11) is 0. The normalized spacial score (nSPS) is 10.2. The van der Waals surface area contributed by atoms with Gasteiger partial charge in [-0.1, -0.05) is 11.6 Å². The van der Waals surface area contributed by atoms with E-state index in [0.717, 1.165) is 4.47 Å². The Morgan fingerprint density at radius 1 is 1.56 bits per heavy atom. The molecule has 0 radical (unpaired) electrons. The molecule has 88 valence electrons. The molecule has 1 amide bonds. The molecule has 0 aliphatic carbocycles. The van der Waals surface area contributed by atoms with E-state index in [1.165, 1.54) is 11.8 Å². The molecule has 1 rings (SSSR count). The molecule has 1 aromatic rings. The Kier molecular flexibility index (Phi) is 6.20. The summed E-state index contributed by atoms with van der Waals surface area (Å²) < 4.78 is 0.793. The minimum absolute atomic E-state index is 0.0854. The van der Waals surface area contributed by atoms with Gasteiger partial charge in [0.2, 0.25) is 5.91 Å². The number of amides is 1. The Bertz CT molecular complexity index is 376. The van der Waals surface area contributed by atoms with Crippen LogP contribution in [0, 0.1) is 0 Å². The van der Waals surface area contributed by atoms with E-state index < -0.39 is 0 Å². The first-order chi connectivity index (χ1) is 7.63. The Morgan fingerprint density at radius 3 is 2.94 bits per heavy atom. The highest BCUT2D eigenvalue weighted by Gasteiger charge is 2.04. The number of carbonyl (C=O) groups is 1. The van der Waals surface area contributed by atoms with Gasteiger partial charge in [0.25, 0.3) is 0 Å². The first-order valence-electron chi connectivity index (χ1n) is 4.57. The smallest absolute Gasteiger partial charge is 0.234 e. The lowest BCUT2D eigenvalue weighted by Crippen LogP contribution is -2.14. The van der Waals surface area contributed by atoms with Gasteiger partial charge < -0.3 is 10.4 Å². The van der Waals surface area contributed by atoms with Crippen LogP contribution in [-0.4, -0.2) is 29.1 Å². The van der Waals surface area contributed by atoms with Crippen molar-refractivity contribution in [3.63, 3.8) is 0 Å². The highest BCUT2D eigenvalue weighted by molar-refractivity contribution is 9.10. The van der Waals surface area contributed by atoms with Gasteiger partial charge in [-0.05, 0) is 34.1 Å². The van der Waals surface area contributed by atoms with Gasteiger partial charge in [-0.3, -0.25) is 4.79 Å². The number of aliphatic hydroxyl groups excluding tert-OH is 1. The van der Waals surface area contributed by atoms with Crippen molar-refractivity contribution >= 4 is 50.9 Å². The molecule has 6 heteroatoms. The number of nitrogens with one attached hydrogen (secondary N) is 1.